The number of fused-ring (bicyclic) bond motifs is 1. The standard InChI is InChI=1S/C22H22N4O5S2/c1-3-12-24-19-14-16(26(28)29)8-11-20(19)32-22(24)23-21(27)18-5-4-13-25(18)33(30,31)17-9-6-15(2)7-10-17/h3,6-11,14,18H,1,4-5,12-13H2,2H3. The van der Waals surface area contributed by atoms with Crippen molar-refractivity contribution >= 4 is 43.2 Å². The van der Waals surface area contributed by atoms with Crippen molar-refractivity contribution in [2.75, 3.05) is 6.54 Å². The van der Waals surface area contributed by atoms with Gasteiger partial charge < -0.3 is 4.57 Å². The second-order valence-corrected chi connectivity index (χ2v) is 10.6. The van der Waals surface area contributed by atoms with Crippen LogP contribution in [-0.2, 0) is 21.4 Å². The summed E-state index contributed by atoms with van der Waals surface area (Å²) in [7, 11) is -3.84. The number of allylic oxidation sites excluding steroid dienone is 1. The largest absolute Gasteiger partial charge is 0.312 e. The lowest BCUT2D eigenvalue weighted by molar-refractivity contribution is -0.384. The average molecular weight is 487 g/mol. The topological polar surface area (TPSA) is 115 Å². The molecule has 0 radical (unpaired) electrons. The van der Waals surface area contributed by atoms with E-state index in [-0.39, 0.29) is 17.1 Å². The molecule has 2 aromatic carbocycles. The molecule has 1 aliphatic rings. The molecule has 0 bridgehead atoms. The van der Waals surface area contributed by atoms with Crippen LogP contribution >= 0.6 is 11.3 Å². The Bertz CT molecular complexity index is 1420. The molecule has 1 aliphatic heterocycles. The molecule has 33 heavy (non-hydrogen) atoms. The number of nitro benzene ring substituents is 1. The van der Waals surface area contributed by atoms with Crippen LogP contribution in [0.2, 0.25) is 0 Å². The van der Waals surface area contributed by atoms with Crippen molar-refractivity contribution in [3.8, 4) is 0 Å². The fourth-order valence-corrected chi connectivity index (χ4v) is 6.53. The Hall–Kier alpha value is -3.15. The highest BCUT2D eigenvalue weighted by molar-refractivity contribution is 7.89. The highest BCUT2D eigenvalue weighted by Crippen LogP contribution is 2.28. The smallest absolute Gasteiger partial charge is 0.271 e. The molecule has 1 amide bonds. The van der Waals surface area contributed by atoms with E-state index in [2.05, 4.69) is 11.6 Å². The van der Waals surface area contributed by atoms with Crippen LogP contribution < -0.4 is 4.80 Å². The molecule has 172 valence electrons. The van der Waals surface area contributed by atoms with E-state index < -0.39 is 26.9 Å². The first-order valence-corrected chi connectivity index (χ1v) is 12.5. The average Bonchev–Trinajstić information content (AvgIpc) is 3.40. The maximum Gasteiger partial charge on any atom is 0.271 e. The number of amides is 1. The van der Waals surface area contributed by atoms with Crippen molar-refractivity contribution < 1.29 is 18.1 Å². The molecule has 2 heterocycles. The Labute approximate surface area is 194 Å². The van der Waals surface area contributed by atoms with Crippen molar-refractivity contribution in [2.45, 2.75) is 37.2 Å². The van der Waals surface area contributed by atoms with Crippen LogP contribution in [0.25, 0.3) is 10.2 Å². The number of benzene rings is 2. The molecule has 11 heteroatoms. The van der Waals surface area contributed by atoms with Crippen molar-refractivity contribution in [2.24, 2.45) is 4.99 Å². The summed E-state index contributed by atoms with van der Waals surface area (Å²) in [5.74, 6) is -0.554. The summed E-state index contributed by atoms with van der Waals surface area (Å²) in [5, 5.41) is 11.2. The summed E-state index contributed by atoms with van der Waals surface area (Å²) in [6.45, 7) is 6.13. The summed E-state index contributed by atoms with van der Waals surface area (Å²) in [6.07, 6.45) is 2.55. The molecule has 1 atom stereocenters. The van der Waals surface area contributed by atoms with E-state index >= 15 is 0 Å². The number of non-ortho nitro benzene ring substituents is 1. The van der Waals surface area contributed by atoms with Gasteiger partial charge >= 0.3 is 0 Å². The van der Waals surface area contributed by atoms with Crippen LogP contribution in [0, 0.1) is 17.0 Å². The first-order valence-electron chi connectivity index (χ1n) is 10.3. The van der Waals surface area contributed by atoms with Crippen LogP contribution in [0.5, 0.6) is 0 Å². The molecule has 0 N–H and O–H groups in total. The zero-order valence-corrected chi connectivity index (χ0v) is 19.5. The number of aryl methyl sites for hydroxylation is 1. The van der Waals surface area contributed by atoms with E-state index in [1.807, 2.05) is 6.92 Å². The number of rotatable bonds is 6. The van der Waals surface area contributed by atoms with Gasteiger partial charge in [-0.3, -0.25) is 14.9 Å². The second kappa shape index (κ2) is 9.00. The lowest BCUT2D eigenvalue weighted by Gasteiger charge is -2.21. The predicted molar refractivity (Wildman–Crippen MR) is 125 cm³/mol. The van der Waals surface area contributed by atoms with Gasteiger partial charge in [0.05, 0.1) is 20.0 Å². The van der Waals surface area contributed by atoms with Crippen LogP contribution in [0.3, 0.4) is 0 Å². The molecule has 3 aromatic rings. The summed E-state index contributed by atoms with van der Waals surface area (Å²) in [5.41, 5.74) is 1.44. The predicted octanol–water partition coefficient (Wildman–Crippen LogP) is 3.39. The number of hydrogen-bond donors (Lipinski definition) is 0. The maximum absolute atomic E-state index is 13.2. The first-order chi connectivity index (χ1) is 15.7. The SMILES string of the molecule is C=CCn1c(=NC(=O)C2CCCN2S(=O)(=O)c2ccc(C)cc2)sc2ccc([N+](=O)[O-])cc21. The number of carbonyl (C=O) groups is 1. The maximum atomic E-state index is 13.2. The van der Waals surface area contributed by atoms with E-state index in [0.717, 1.165) is 10.3 Å². The molecule has 4 rings (SSSR count). The Morgan fingerprint density at radius 2 is 2.03 bits per heavy atom. The summed E-state index contributed by atoms with van der Waals surface area (Å²) >= 11 is 1.22. The van der Waals surface area contributed by atoms with Gasteiger partial charge in [-0.15, -0.1) is 6.58 Å². The zero-order chi connectivity index (χ0) is 23.8. The van der Waals surface area contributed by atoms with Crippen LogP contribution in [0.4, 0.5) is 5.69 Å². The second-order valence-electron chi connectivity index (χ2n) is 7.73. The van der Waals surface area contributed by atoms with E-state index in [1.165, 1.54) is 27.8 Å². The summed E-state index contributed by atoms with van der Waals surface area (Å²) in [6, 6.07) is 10.1. The quantitative estimate of drug-likeness (QED) is 0.301. The number of nitro groups is 1. The molecule has 0 aliphatic carbocycles. The van der Waals surface area contributed by atoms with E-state index in [9.17, 15) is 23.3 Å². The van der Waals surface area contributed by atoms with Gasteiger partial charge in [-0.2, -0.15) is 9.30 Å². The monoisotopic (exact) mass is 486 g/mol. The summed E-state index contributed by atoms with van der Waals surface area (Å²) < 4.78 is 30.0. The molecule has 1 aromatic heterocycles. The van der Waals surface area contributed by atoms with Crippen LogP contribution in [-0.4, -0.2) is 40.7 Å². The Kier molecular flexibility index (Phi) is 6.28. The molecular formula is C22H22N4O5S2. The van der Waals surface area contributed by atoms with Crippen molar-refractivity contribution in [3.05, 3.63) is 75.6 Å². The molecule has 0 saturated carbocycles. The summed E-state index contributed by atoms with van der Waals surface area (Å²) in [4.78, 5) is 28.6. The molecular weight excluding hydrogens is 464 g/mol. The number of sulfonamides is 1. The fourth-order valence-electron chi connectivity index (χ4n) is 3.85. The third kappa shape index (κ3) is 4.39. The van der Waals surface area contributed by atoms with Gasteiger partial charge in [-0.25, -0.2) is 8.42 Å². The molecule has 1 saturated heterocycles. The minimum absolute atomic E-state index is 0.0675. The lowest BCUT2D eigenvalue weighted by Crippen LogP contribution is -2.40. The third-order valence-electron chi connectivity index (χ3n) is 5.51. The normalized spacial score (nSPS) is 17.5. The van der Waals surface area contributed by atoms with Crippen molar-refractivity contribution in [1.29, 1.82) is 0 Å². The Morgan fingerprint density at radius 3 is 2.70 bits per heavy atom. The number of nitrogens with zero attached hydrogens (tertiary/aromatic N) is 4. The molecule has 9 nitrogen and oxygen atoms in total. The number of hydrogen-bond acceptors (Lipinski definition) is 6. The Morgan fingerprint density at radius 1 is 1.30 bits per heavy atom. The van der Waals surface area contributed by atoms with E-state index in [1.54, 1.807) is 41.0 Å². The lowest BCUT2D eigenvalue weighted by atomic mass is 10.2. The van der Waals surface area contributed by atoms with Crippen molar-refractivity contribution in [1.82, 2.24) is 8.87 Å². The minimum atomic E-state index is -3.84. The van der Waals surface area contributed by atoms with Crippen molar-refractivity contribution in [3.63, 3.8) is 0 Å². The fraction of sp³-hybridized carbons (Fsp3) is 0.273. The van der Waals surface area contributed by atoms with Gasteiger partial charge in [0.1, 0.15) is 6.04 Å². The highest BCUT2D eigenvalue weighted by atomic mass is 32.2. The zero-order valence-electron chi connectivity index (χ0n) is 17.9. The number of carbonyl (C=O) groups excluding carboxylic acids is 1. The molecule has 0 spiro atoms. The number of thiazole rings is 1. The molecule has 1 fully saturated rings. The van der Waals surface area contributed by atoms with Crippen LogP contribution in [0.1, 0.15) is 18.4 Å². The third-order valence-corrected chi connectivity index (χ3v) is 8.49. The first kappa shape index (κ1) is 23.0. The van der Waals surface area contributed by atoms with Gasteiger partial charge in [0.15, 0.2) is 4.80 Å². The van der Waals surface area contributed by atoms with Gasteiger partial charge in [0.2, 0.25) is 10.0 Å². The molecule has 1 unspecified atom stereocenters. The van der Waals surface area contributed by atoms with Crippen LogP contribution in [0.15, 0.2) is 65.0 Å². The highest BCUT2D eigenvalue weighted by Gasteiger charge is 2.39. The van der Waals surface area contributed by atoms with Gasteiger partial charge in [-0.1, -0.05) is 35.1 Å². The van der Waals surface area contributed by atoms with Gasteiger partial charge in [-0.05, 0) is 38.0 Å². The van der Waals surface area contributed by atoms with E-state index in [0.29, 0.717) is 29.7 Å². The van der Waals surface area contributed by atoms with E-state index in [4.69, 9.17) is 0 Å². The van der Waals surface area contributed by atoms with Gasteiger partial charge in [0, 0.05) is 25.2 Å². The minimum Gasteiger partial charge on any atom is -0.312 e. The number of aromatic nitrogens is 1. The Balaban J connectivity index is 1.74. The van der Waals surface area contributed by atoms with Gasteiger partial charge in [0.25, 0.3) is 11.6 Å².